The topological polar surface area (TPSA) is 35.8 Å². The molecule has 0 amide bonds. The first-order valence-electron chi connectivity index (χ1n) is 6.27. The molecule has 96 valence electrons. The van der Waals surface area contributed by atoms with E-state index in [0.717, 1.165) is 5.69 Å². The van der Waals surface area contributed by atoms with E-state index in [-0.39, 0.29) is 0 Å². The molecule has 1 saturated carbocycles. The van der Waals surface area contributed by atoms with Crippen LogP contribution in [0.4, 0.5) is 5.69 Å². The zero-order valence-corrected chi connectivity index (χ0v) is 11.8. The van der Waals surface area contributed by atoms with Crippen LogP contribution in [0.15, 0.2) is 35.7 Å². The Labute approximate surface area is 121 Å². The molecule has 0 bridgehead atoms. The van der Waals surface area contributed by atoms with Gasteiger partial charge >= 0.3 is 0 Å². The van der Waals surface area contributed by atoms with Crippen molar-refractivity contribution < 1.29 is 0 Å². The third-order valence-electron chi connectivity index (χ3n) is 3.36. The van der Waals surface area contributed by atoms with Gasteiger partial charge in [0.15, 0.2) is 0 Å². The number of halogens is 1. The molecule has 0 radical (unpaired) electrons. The van der Waals surface area contributed by atoms with E-state index in [1.807, 2.05) is 6.07 Å². The van der Waals surface area contributed by atoms with Crippen molar-refractivity contribution in [2.24, 2.45) is 5.92 Å². The van der Waals surface area contributed by atoms with E-state index in [0.29, 0.717) is 22.5 Å². The first kappa shape index (κ1) is 12.5. The van der Waals surface area contributed by atoms with Gasteiger partial charge in [-0.3, -0.25) is 0 Å². The number of rotatable bonds is 4. The monoisotopic (exact) mass is 288 g/mol. The van der Waals surface area contributed by atoms with Crippen molar-refractivity contribution in [2.45, 2.75) is 18.9 Å². The Morgan fingerprint density at radius 3 is 2.84 bits per heavy atom. The lowest BCUT2D eigenvalue weighted by molar-refractivity contribution is 0.691. The molecule has 0 spiro atoms. The van der Waals surface area contributed by atoms with Gasteiger partial charge in [-0.1, -0.05) is 17.7 Å². The van der Waals surface area contributed by atoms with Crippen molar-refractivity contribution in [1.82, 2.24) is 0 Å². The normalized spacial score (nSPS) is 15.8. The number of nitrogens with one attached hydrogen (secondary N) is 1. The standard InChI is InChI=1S/C15H13ClN2S/c16-12-6-5-11(9-17)13(8-12)18-15(10-3-4-10)14-2-1-7-19-14/h1-2,5-8,10,15,18H,3-4H2. The maximum absolute atomic E-state index is 9.18. The summed E-state index contributed by atoms with van der Waals surface area (Å²) in [5.74, 6) is 0.671. The minimum absolute atomic E-state index is 0.297. The van der Waals surface area contributed by atoms with Crippen LogP contribution in [0.5, 0.6) is 0 Å². The first-order chi connectivity index (χ1) is 9.28. The molecule has 1 N–H and O–H groups in total. The van der Waals surface area contributed by atoms with Crippen LogP contribution in [0.3, 0.4) is 0 Å². The van der Waals surface area contributed by atoms with E-state index in [4.69, 9.17) is 11.6 Å². The Balaban J connectivity index is 1.90. The number of hydrogen-bond donors (Lipinski definition) is 1. The molecule has 1 heterocycles. The Hall–Kier alpha value is -1.50. The Bertz CT molecular complexity index is 612. The molecule has 2 nitrogen and oxygen atoms in total. The smallest absolute Gasteiger partial charge is 0.101 e. The van der Waals surface area contributed by atoms with Gasteiger partial charge in [0, 0.05) is 9.90 Å². The van der Waals surface area contributed by atoms with Gasteiger partial charge < -0.3 is 5.32 Å². The maximum atomic E-state index is 9.18. The van der Waals surface area contributed by atoms with Crippen LogP contribution in [0.1, 0.15) is 29.3 Å². The predicted molar refractivity (Wildman–Crippen MR) is 79.6 cm³/mol. The van der Waals surface area contributed by atoms with E-state index >= 15 is 0 Å². The highest BCUT2D eigenvalue weighted by atomic mass is 35.5. The average molecular weight is 289 g/mol. The molecule has 1 aliphatic rings. The Morgan fingerprint density at radius 2 is 2.21 bits per heavy atom. The van der Waals surface area contributed by atoms with Crippen molar-refractivity contribution >= 4 is 28.6 Å². The largest absolute Gasteiger partial charge is 0.376 e. The molecule has 1 atom stereocenters. The highest BCUT2D eigenvalue weighted by molar-refractivity contribution is 7.10. The van der Waals surface area contributed by atoms with Crippen molar-refractivity contribution in [3.05, 3.63) is 51.2 Å². The molecule has 1 aliphatic carbocycles. The molecular weight excluding hydrogens is 276 g/mol. The van der Waals surface area contributed by atoms with Crippen LogP contribution in [-0.2, 0) is 0 Å². The molecular formula is C15H13ClN2S. The van der Waals surface area contributed by atoms with E-state index in [1.165, 1.54) is 17.7 Å². The number of nitrogens with zero attached hydrogens (tertiary/aromatic N) is 1. The summed E-state index contributed by atoms with van der Waals surface area (Å²) in [4.78, 5) is 1.33. The Morgan fingerprint density at radius 1 is 1.37 bits per heavy atom. The van der Waals surface area contributed by atoms with E-state index in [1.54, 1.807) is 23.5 Å². The molecule has 4 heteroatoms. The van der Waals surface area contributed by atoms with E-state index in [9.17, 15) is 5.26 Å². The molecule has 1 aromatic carbocycles. The molecule has 0 saturated heterocycles. The third kappa shape index (κ3) is 2.75. The van der Waals surface area contributed by atoms with Crippen LogP contribution in [0.2, 0.25) is 5.02 Å². The van der Waals surface area contributed by atoms with Crippen molar-refractivity contribution in [1.29, 1.82) is 5.26 Å². The van der Waals surface area contributed by atoms with Gasteiger partial charge in [0.25, 0.3) is 0 Å². The van der Waals surface area contributed by atoms with Gasteiger partial charge in [-0.25, -0.2) is 0 Å². The van der Waals surface area contributed by atoms with Gasteiger partial charge in [0.2, 0.25) is 0 Å². The Kier molecular flexibility index (Phi) is 3.46. The summed E-state index contributed by atoms with van der Waals surface area (Å²) in [6.07, 6.45) is 2.50. The summed E-state index contributed by atoms with van der Waals surface area (Å²) in [7, 11) is 0. The minimum Gasteiger partial charge on any atom is -0.376 e. The van der Waals surface area contributed by atoms with Crippen LogP contribution in [0, 0.1) is 17.2 Å². The fraction of sp³-hybridized carbons (Fsp3) is 0.267. The summed E-state index contributed by atoms with van der Waals surface area (Å²) in [5, 5.41) is 15.4. The van der Waals surface area contributed by atoms with Crippen LogP contribution in [-0.4, -0.2) is 0 Å². The highest BCUT2D eigenvalue weighted by Gasteiger charge is 2.33. The van der Waals surface area contributed by atoms with Gasteiger partial charge in [0.05, 0.1) is 17.3 Å². The third-order valence-corrected chi connectivity index (χ3v) is 4.55. The summed E-state index contributed by atoms with van der Waals surface area (Å²) >= 11 is 7.79. The van der Waals surface area contributed by atoms with Gasteiger partial charge in [-0.15, -0.1) is 11.3 Å². The quantitative estimate of drug-likeness (QED) is 0.874. The lowest BCUT2D eigenvalue weighted by Gasteiger charge is -2.19. The summed E-state index contributed by atoms with van der Waals surface area (Å²) in [5.41, 5.74) is 1.48. The molecule has 2 aromatic rings. The second kappa shape index (κ2) is 5.24. The average Bonchev–Trinajstić information content (AvgIpc) is 3.11. The number of hydrogen-bond acceptors (Lipinski definition) is 3. The van der Waals surface area contributed by atoms with E-state index in [2.05, 4.69) is 28.9 Å². The molecule has 1 unspecified atom stereocenters. The SMILES string of the molecule is N#Cc1ccc(Cl)cc1NC(c1cccs1)C1CC1. The lowest BCUT2D eigenvalue weighted by atomic mass is 10.1. The van der Waals surface area contributed by atoms with E-state index < -0.39 is 0 Å². The maximum Gasteiger partial charge on any atom is 0.101 e. The number of benzene rings is 1. The highest BCUT2D eigenvalue weighted by Crippen LogP contribution is 2.44. The minimum atomic E-state index is 0.297. The molecule has 1 aromatic heterocycles. The lowest BCUT2D eigenvalue weighted by Crippen LogP contribution is -2.12. The van der Waals surface area contributed by atoms with Crippen LogP contribution in [0.25, 0.3) is 0 Å². The number of nitriles is 1. The number of anilines is 1. The summed E-state index contributed by atoms with van der Waals surface area (Å²) < 4.78 is 0. The molecule has 19 heavy (non-hydrogen) atoms. The second-order valence-corrected chi connectivity index (χ2v) is 6.19. The fourth-order valence-electron chi connectivity index (χ4n) is 2.22. The van der Waals surface area contributed by atoms with Gasteiger partial charge in [-0.05, 0) is 48.4 Å². The van der Waals surface area contributed by atoms with Gasteiger partial charge in [0.1, 0.15) is 6.07 Å². The van der Waals surface area contributed by atoms with Crippen LogP contribution >= 0.6 is 22.9 Å². The number of thiophene rings is 1. The zero-order valence-electron chi connectivity index (χ0n) is 10.3. The summed E-state index contributed by atoms with van der Waals surface area (Å²) in [6.45, 7) is 0. The van der Waals surface area contributed by atoms with Crippen molar-refractivity contribution in [3.63, 3.8) is 0 Å². The second-order valence-electron chi connectivity index (χ2n) is 4.78. The zero-order chi connectivity index (χ0) is 13.2. The van der Waals surface area contributed by atoms with Crippen molar-refractivity contribution in [3.8, 4) is 6.07 Å². The van der Waals surface area contributed by atoms with Crippen molar-refractivity contribution in [2.75, 3.05) is 5.32 Å². The predicted octanol–water partition coefficient (Wildman–Crippen LogP) is 4.84. The van der Waals surface area contributed by atoms with Crippen LogP contribution < -0.4 is 5.32 Å². The fourth-order valence-corrected chi connectivity index (χ4v) is 3.26. The van der Waals surface area contributed by atoms with Gasteiger partial charge in [-0.2, -0.15) is 5.26 Å². The molecule has 1 fully saturated rings. The first-order valence-corrected chi connectivity index (χ1v) is 7.53. The summed E-state index contributed by atoms with van der Waals surface area (Å²) in [6, 6.07) is 12.1. The molecule has 0 aliphatic heterocycles. The molecule has 3 rings (SSSR count).